The van der Waals surface area contributed by atoms with Crippen LogP contribution in [0.4, 0.5) is 0 Å². The van der Waals surface area contributed by atoms with E-state index in [9.17, 15) is 0 Å². The Morgan fingerprint density at radius 3 is 2.35 bits per heavy atom. The van der Waals surface area contributed by atoms with Crippen LogP contribution < -0.4 is 4.74 Å². The minimum absolute atomic E-state index is 0.0924. The van der Waals surface area contributed by atoms with E-state index in [-0.39, 0.29) is 16.3 Å². The molecule has 0 aliphatic heterocycles. The summed E-state index contributed by atoms with van der Waals surface area (Å²) >= 11 is 6.05. The van der Waals surface area contributed by atoms with Gasteiger partial charge in [-0.1, -0.05) is 44.5 Å². The maximum absolute atomic E-state index is 8.92. The molecule has 1 aromatic carbocycles. The van der Waals surface area contributed by atoms with E-state index in [0.717, 1.165) is 0 Å². The van der Waals surface area contributed by atoms with Crippen molar-refractivity contribution in [3.63, 3.8) is 0 Å². The first kappa shape index (κ1) is 14.4. The number of rotatable bonds is 2. The first-order valence-corrected chi connectivity index (χ1v) is 6.62. The van der Waals surface area contributed by atoms with Crippen LogP contribution in [-0.2, 0) is 5.41 Å². The number of nitriles is 1. The largest absolute Gasteiger partial charge is 0.437 e. The molecule has 0 saturated heterocycles. The van der Waals surface area contributed by atoms with Crippen molar-refractivity contribution in [3.8, 4) is 17.7 Å². The highest BCUT2D eigenvalue weighted by Gasteiger charge is 2.14. The molecule has 2 rings (SSSR count). The third kappa shape index (κ3) is 3.09. The fraction of sp³-hybridized carbons (Fsp3) is 0.250. The van der Waals surface area contributed by atoms with Crippen molar-refractivity contribution in [3.05, 3.63) is 52.7 Å². The van der Waals surface area contributed by atoms with Crippen LogP contribution >= 0.6 is 11.6 Å². The van der Waals surface area contributed by atoms with Gasteiger partial charge in [-0.2, -0.15) is 5.26 Å². The molecule has 3 nitrogen and oxygen atoms in total. The maximum atomic E-state index is 8.92. The van der Waals surface area contributed by atoms with E-state index >= 15 is 0 Å². The van der Waals surface area contributed by atoms with Crippen molar-refractivity contribution < 1.29 is 4.74 Å². The summed E-state index contributed by atoms with van der Waals surface area (Å²) < 4.78 is 5.63. The van der Waals surface area contributed by atoms with Crippen molar-refractivity contribution in [2.75, 3.05) is 0 Å². The van der Waals surface area contributed by atoms with Crippen LogP contribution in [0.2, 0.25) is 5.02 Å². The maximum Gasteiger partial charge on any atom is 0.239 e. The van der Waals surface area contributed by atoms with Crippen molar-refractivity contribution >= 4 is 11.6 Å². The lowest BCUT2D eigenvalue weighted by atomic mass is 9.87. The van der Waals surface area contributed by atoms with Gasteiger partial charge >= 0.3 is 0 Å². The van der Waals surface area contributed by atoms with Crippen molar-refractivity contribution in [2.24, 2.45) is 0 Å². The van der Waals surface area contributed by atoms with Gasteiger partial charge in [-0.05, 0) is 29.2 Å². The predicted octanol–water partition coefficient (Wildman–Crippen LogP) is 4.70. The number of benzene rings is 1. The number of hydrogen-bond donors (Lipinski definition) is 0. The highest BCUT2D eigenvalue weighted by Crippen LogP contribution is 2.31. The van der Waals surface area contributed by atoms with Crippen LogP contribution in [0.1, 0.15) is 31.9 Å². The lowest BCUT2D eigenvalue weighted by Gasteiger charge is -2.19. The Morgan fingerprint density at radius 2 is 1.80 bits per heavy atom. The molecule has 0 fully saturated rings. The third-order valence-electron chi connectivity index (χ3n) is 2.91. The lowest BCUT2D eigenvalue weighted by molar-refractivity contribution is 0.462. The van der Waals surface area contributed by atoms with E-state index in [0.29, 0.717) is 11.3 Å². The summed E-state index contributed by atoms with van der Waals surface area (Å²) in [5, 5.41) is 9.15. The molecular formula is C16H15ClN2O. The summed E-state index contributed by atoms with van der Waals surface area (Å²) in [6.45, 7) is 6.45. The van der Waals surface area contributed by atoms with E-state index in [1.807, 2.05) is 30.3 Å². The summed E-state index contributed by atoms with van der Waals surface area (Å²) in [7, 11) is 0. The minimum Gasteiger partial charge on any atom is -0.437 e. The Labute approximate surface area is 123 Å². The van der Waals surface area contributed by atoms with E-state index in [1.165, 1.54) is 11.8 Å². The van der Waals surface area contributed by atoms with Crippen LogP contribution in [0, 0.1) is 11.3 Å². The van der Waals surface area contributed by atoms with E-state index in [4.69, 9.17) is 21.6 Å². The highest BCUT2D eigenvalue weighted by molar-refractivity contribution is 6.33. The van der Waals surface area contributed by atoms with Gasteiger partial charge in [0.1, 0.15) is 16.8 Å². The summed E-state index contributed by atoms with van der Waals surface area (Å²) in [6, 6.07) is 11.3. The highest BCUT2D eigenvalue weighted by atomic mass is 35.5. The molecule has 2 aromatic rings. The average molecular weight is 287 g/mol. The van der Waals surface area contributed by atoms with Gasteiger partial charge in [-0.15, -0.1) is 0 Å². The molecule has 0 radical (unpaired) electrons. The smallest absolute Gasteiger partial charge is 0.239 e. The van der Waals surface area contributed by atoms with Crippen LogP contribution in [0.15, 0.2) is 36.5 Å². The summed E-state index contributed by atoms with van der Waals surface area (Å²) in [5.74, 6) is 0.886. The number of nitrogens with zero attached hydrogens (tertiary/aromatic N) is 2. The second-order valence-corrected chi connectivity index (χ2v) is 5.84. The molecule has 0 amide bonds. The quantitative estimate of drug-likeness (QED) is 0.804. The summed E-state index contributed by atoms with van der Waals surface area (Å²) in [4.78, 5) is 4.05. The Balaban J connectivity index is 2.26. The van der Waals surface area contributed by atoms with Crippen molar-refractivity contribution in [1.29, 1.82) is 5.26 Å². The van der Waals surface area contributed by atoms with E-state index < -0.39 is 0 Å². The van der Waals surface area contributed by atoms with Crippen molar-refractivity contribution in [1.82, 2.24) is 4.98 Å². The first-order chi connectivity index (χ1) is 9.41. The summed E-state index contributed by atoms with van der Waals surface area (Å²) in [5.41, 5.74) is 1.66. The Hall–Kier alpha value is -2.05. The molecule has 20 heavy (non-hydrogen) atoms. The lowest BCUT2D eigenvalue weighted by Crippen LogP contribution is -2.10. The summed E-state index contributed by atoms with van der Waals surface area (Å²) in [6.07, 6.45) is 1.50. The van der Waals surface area contributed by atoms with Gasteiger partial charge in [0.15, 0.2) is 0 Å². The first-order valence-electron chi connectivity index (χ1n) is 6.25. The Kier molecular flexibility index (Phi) is 3.96. The normalized spacial score (nSPS) is 10.9. The minimum atomic E-state index is 0.0924. The molecule has 0 aliphatic carbocycles. The topological polar surface area (TPSA) is 45.9 Å². The molecule has 1 heterocycles. The van der Waals surface area contributed by atoms with Crippen LogP contribution in [0.3, 0.4) is 0 Å². The van der Waals surface area contributed by atoms with Crippen LogP contribution in [0.25, 0.3) is 0 Å². The van der Waals surface area contributed by atoms with Gasteiger partial charge in [0.25, 0.3) is 0 Å². The van der Waals surface area contributed by atoms with Gasteiger partial charge < -0.3 is 4.74 Å². The number of halogens is 1. The second-order valence-electron chi connectivity index (χ2n) is 5.47. The molecule has 0 aliphatic rings. The zero-order valence-electron chi connectivity index (χ0n) is 11.6. The Morgan fingerprint density at radius 1 is 1.15 bits per heavy atom. The molecule has 0 atom stereocenters. The molecule has 0 bridgehead atoms. The second kappa shape index (κ2) is 5.52. The van der Waals surface area contributed by atoms with Gasteiger partial charge in [0.05, 0.1) is 5.56 Å². The number of pyridine rings is 1. The van der Waals surface area contributed by atoms with Crippen molar-refractivity contribution in [2.45, 2.75) is 26.2 Å². The Bertz CT molecular complexity index is 652. The van der Waals surface area contributed by atoms with Gasteiger partial charge in [0.2, 0.25) is 5.88 Å². The number of hydrogen-bond acceptors (Lipinski definition) is 3. The third-order valence-corrected chi connectivity index (χ3v) is 3.28. The zero-order valence-corrected chi connectivity index (χ0v) is 12.4. The zero-order chi connectivity index (χ0) is 14.8. The molecular weight excluding hydrogens is 272 g/mol. The molecule has 0 saturated carbocycles. The van der Waals surface area contributed by atoms with Gasteiger partial charge in [0, 0.05) is 6.20 Å². The monoisotopic (exact) mass is 286 g/mol. The number of ether oxygens (including phenoxy) is 1. The molecule has 0 spiro atoms. The predicted molar refractivity (Wildman–Crippen MR) is 79.2 cm³/mol. The SMILES string of the molecule is CC(C)(C)c1ccc(Oc2nccc(C#N)c2Cl)cc1. The molecule has 4 heteroatoms. The fourth-order valence-corrected chi connectivity index (χ4v) is 1.91. The van der Waals surface area contributed by atoms with Crippen LogP contribution in [0.5, 0.6) is 11.6 Å². The average Bonchev–Trinajstić information content (AvgIpc) is 2.41. The molecule has 0 unspecified atom stereocenters. The standard InChI is InChI=1S/C16H15ClN2O/c1-16(2,3)12-4-6-13(7-5-12)20-15-14(17)11(10-18)8-9-19-15/h4-9H,1-3H3. The fourth-order valence-electron chi connectivity index (χ4n) is 1.72. The van der Waals surface area contributed by atoms with E-state index in [1.54, 1.807) is 6.07 Å². The molecule has 102 valence electrons. The van der Waals surface area contributed by atoms with Gasteiger partial charge in [-0.25, -0.2) is 4.98 Å². The van der Waals surface area contributed by atoms with Gasteiger partial charge in [-0.3, -0.25) is 0 Å². The van der Waals surface area contributed by atoms with E-state index in [2.05, 4.69) is 25.8 Å². The molecule has 0 N–H and O–H groups in total. The van der Waals surface area contributed by atoms with Crippen LogP contribution in [-0.4, -0.2) is 4.98 Å². The molecule has 1 aromatic heterocycles. The number of aromatic nitrogens is 1.